The Morgan fingerprint density at radius 2 is 1.91 bits per heavy atom. The fourth-order valence-electron chi connectivity index (χ4n) is 4.19. The highest BCUT2D eigenvalue weighted by atomic mass is 32.2. The Morgan fingerprint density at radius 3 is 2.62 bits per heavy atom. The standard InChI is InChI=1S/C23H30N4O3S2/c1-17(23(28)25-21-9-5-7-18-6-3-4-8-20(18)21)31-22-11-10-19(16-24-22)32(29,30)27-14-12-26(2)13-15-27/h3-4,6,8,10-11,16-17,21H,5,7,9,12-15H2,1-2H3,(H,25,28). The van der Waals surface area contributed by atoms with Crippen molar-refractivity contribution in [2.75, 3.05) is 33.2 Å². The SMILES string of the molecule is CC(Sc1ccc(S(=O)(=O)N2CCN(C)CC2)cn1)C(=O)NC1CCCc2ccccc21. The number of likely N-dealkylation sites (N-methyl/N-ethyl adjacent to an activating group) is 1. The highest BCUT2D eigenvalue weighted by Gasteiger charge is 2.28. The van der Waals surface area contributed by atoms with Gasteiger partial charge in [0.1, 0.15) is 4.90 Å². The fraction of sp³-hybridized carbons (Fsp3) is 0.478. The Hall–Kier alpha value is -1.94. The second-order valence-electron chi connectivity index (χ2n) is 8.45. The van der Waals surface area contributed by atoms with E-state index in [4.69, 9.17) is 0 Å². The van der Waals surface area contributed by atoms with Crippen LogP contribution in [0.25, 0.3) is 0 Å². The van der Waals surface area contributed by atoms with Crippen molar-refractivity contribution in [2.45, 2.75) is 47.4 Å². The minimum absolute atomic E-state index is 0.0346. The third-order valence-electron chi connectivity index (χ3n) is 6.16. The number of carbonyl (C=O) groups excluding carboxylic acids is 1. The normalized spacial score (nSPS) is 21.0. The number of pyridine rings is 1. The third-order valence-corrected chi connectivity index (χ3v) is 9.09. The minimum Gasteiger partial charge on any atom is -0.348 e. The summed E-state index contributed by atoms with van der Waals surface area (Å²) in [7, 11) is -1.55. The van der Waals surface area contributed by atoms with Crippen LogP contribution in [-0.4, -0.2) is 67.0 Å². The summed E-state index contributed by atoms with van der Waals surface area (Å²) in [6.07, 6.45) is 4.46. The van der Waals surface area contributed by atoms with Crippen LogP contribution in [0.4, 0.5) is 0 Å². The van der Waals surface area contributed by atoms with Gasteiger partial charge in [0, 0.05) is 32.4 Å². The molecule has 2 aromatic rings. The first-order chi connectivity index (χ1) is 15.3. The number of piperazine rings is 1. The molecule has 2 aliphatic rings. The van der Waals surface area contributed by atoms with Crippen molar-refractivity contribution < 1.29 is 13.2 Å². The number of hydrogen-bond donors (Lipinski definition) is 1. The Morgan fingerprint density at radius 1 is 1.16 bits per heavy atom. The summed E-state index contributed by atoms with van der Waals surface area (Å²) >= 11 is 1.34. The molecule has 4 rings (SSSR count). The zero-order chi connectivity index (χ0) is 22.7. The Kier molecular flexibility index (Phi) is 7.19. The number of sulfonamides is 1. The maximum Gasteiger partial charge on any atom is 0.244 e. The quantitative estimate of drug-likeness (QED) is 0.649. The lowest BCUT2D eigenvalue weighted by Gasteiger charge is -2.31. The zero-order valence-electron chi connectivity index (χ0n) is 18.5. The van der Waals surface area contributed by atoms with E-state index in [1.807, 2.05) is 26.1 Å². The summed E-state index contributed by atoms with van der Waals surface area (Å²) in [6.45, 7) is 4.26. The second-order valence-corrected chi connectivity index (χ2v) is 11.8. The minimum atomic E-state index is -3.54. The Balaban J connectivity index is 1.37. The summed E-state index contributed by atoms with van der Waals surface area (Å²) < 4.78 is 27.2. The largest absolute Gasteiger partial charge is 0.348 e. The smallest absolute Gasteiger partial charge is 0.244 e. The molecular formula is C23H30N4O3S2. The van der Waals surface area contributed by atoms with Gasteiger partial charge in [-0.2, -0.15) is 4.31 Å². The molecule has 32 heavy (non-hydrogen) atoms. The molecule has 1 aliphatic heterocycles. The number of carbonyl (C=O) groups is 1. The van der Waals surface area contributed by atoms with Crippen LogP contribution in [0.5, 0.6) is 0 Å². The van der Waals surface area contributed by atoms with Gasteiger partial charge >= 0.3 is 0 Å². The van der Waals surface area contributed by atoms with Crippen LogP contribution in [0, 0.1) is 0 Å². The van der Waals surface area contributed by atoms with Gasteiger partial charge in [-0.1, -0.05) is 36.0 Å². The van der Waals surface area contributed by atoms with Crippen molar-refractivity contribution >= 4 is 27.7 Å². The number of aryl methyl sites for hydroxylation is 1. The van der Waals surface area contributed by atoms with Gasteiger partial charge in [-0.15, -0.1) is 0 Å². The Bertz CT molecular complexity index is 1050. The molecule has 0 radical (unpaired) electrons. The van der Waals surface area contributed by atoms with Crippen LogP contribution in [-0.2, 0) is 21.2 Å². The van der Waals surface area contributed by atoms with Crippen LogP contribution < -0.4 is 5.32 Å². The average Bonchev–Trinajstić information content (AvgIpc) is 2.80. The molecule has 1 aromatic carbocycles. The van der Waals surface area contributed by atoms with Gasteiger partial charge in [0.05, 0.1) is 16.3 Å². The first-order valence-electron chi connectivity index (χ1n) is 11.0. The highest BCUT2D eigenvalue weighted by molar-refractivity contribution is 8.00. The fourth-order valence-corrected chi connectivity index (χ4v) is 6.36. The van der Waals surface area contributed by atoms with E-state index in [1.54, 1.807) is 12.1 Å². The number of rotatable bonds is 6. The molecule has 0 saturated carbocycles. The Labute approximate surface area is 194 Å². The van der Waals surface area contributed by atoms with E-state index in [1.165, 1.54) is 33.4 Å². The zero-order valence-corrected chi connectivity index (χ0v) is 20.2. The van der Waals surface area contributed by atoms with E-state index in [0.29, 0.717) is 18.1 Å². The van der Waals surface area contributed by atoms with Crippen molar-refractivity contribution in [1.29, 1.82) is 0 Å². The van der Waals surface area contributed by atoms with Gasteiger partial charge in [-0.05, 0) is 56.5 Å². The van der Waals surface area contributed by atoms with Gasteiger partial charge in [-0.3, -0.25) is 4.79 Å². The first-order valence-corrected chi connectivity index (χ1v) is 13.4. The molecule has 2 unspecified atom stereocenters. The maximum atomic E-state index is 12.9. The molecule has 1 amide bonds. The number of benzene rings is 1. The number of aromatic nitrogens is 1. The molecule has 2 heterocycles. The van der Waals surface area contributed by atoms with Gasteiger partial charge in [-0.25, -0.2) is 13.4 Å². The number of nitrogens with one attached hydrogen (secondary N) is 1. The monoisotopic (exact) mass is 474 g/mol. The summed E-state index contributed by atoms with van der Waals surface area (Å²) in [5.41, 5.74) is 2.52. The highest BCUT2D eigenvalue weighted by Crippen LogP contribution is 2.30. The third kappa shape index (κ3) is 5.17. The molecule has 0 spiro atoms. The van der Waals surface area contributed by atoms with Crippen LogP contribution >= 0.6 is 11.8 Å². The number of thioether (sulfide) groups is 1. The van der Waals surface area contributed by atoms with Gasteiger partial charge < -0.3 is 10.2 Å². The van der Waals surface area contributed by atoms with Gasteiger partial charge in [0.15, 0.2) is 0 Å². The van der Waals surface area contributed by atoms with Crippen LogP contribution in [0.1, 0.15) is 36.9 Å². The molecule has 172 valence electrons. The lowest BCUT2D eigenvalue weighted by molar-refractivity contribution is -0.121. The summed E-state index contributed by atoms with van der Waals surface area (Å²) in [5, 5.41) is 3.48. The van der Waals surface area contributed by atoms with Crippen molar-refractivity contribution in [3.8, 4) is 0 Å². The molecular weight excluding hydrogens is 444 g/mol. The molecule has 7 nitrogen and oxygen atoms in total. The first kappa shape index (κ1) is 23.2. The summed E-state index contributed by atoms with van der Waals surface area (Å²) in [6, 6.07) is 11.6. The number of nitrogens with zero attached hydrogens (tertiary/aromatic N) is 3. The number of hydrogen-bond acceptors (Lipinski definition) is 6. The van der Waals surface area contributed by atoms with E-state index in [-0.39, 0.29) is 22.1 Å². The molecule has 1 fully saturated rings. The van der Waals surface area contributed by atoms with Crippen LogP contribution in [0.3, 0.4) is 0 Å². The molecule has 2 atom stereocenters. The number of fused-ring (bicyclic) bond motifs is 1. The van der Waals surface area contributed by atoms with E-state index >= 15 is 0 Å². The molecule has 1 N–H and O–H groups in total. The van der Waals surface area contributed by atoms with Crippen molar-refractivity contribution in [1.82, 2.24) is 19.5 Å². The molecule has 1 aliphatic carbocycles. The molecule has 1 aromatic heterocycles. The summed E-state index contributed by atoms with van der Waals surface area (Å²) in [5.74, 6) is -0.0346. The van der Waals surface area contributed by atoms with Crippen molar-refractivity contribution in [3.05, 3.63) is 53.7 Å². The van der Waals surface area contributed by atoms with Crippen LogP contribution in [0.15, 0.2) is 52.5 Å². The lowest BCUT2D eigenvalue weighted by atomic mass is 9.88. The van der Waals surface area contributed by atoms with E-state index in [9.17, 15) is 13.2 Å². The van der Waals surface area contributed by atoms with E-state index < -0.39 is 10.0 Å². The van der Waals surface area contributed by atoms with E-state index in [0.717, 1.165) is 32.4 Å². The average molecular weight is 475 g/mol. The van der Waals surface area contributed by atoms with Gasteiger partial charge in [0.25, 0.3) is 0 Å². The molecule has 9 heteroatoms. The van der Waals surface area contributed by atoms with Crippen molar-refractivity contribution in [2.24, 2.45) is 0 Å². The maximum absolute atomic E-state index is 12.9. The van der Waals surface area contributed by atoms with E-state index in [2.05, 4.69) is 27.3 Å². The topological polar surface area (TPSA) is 82.6 Å². The van der Waals surface area contributed by atoms with Crippen molar-refractivity contribution in [3.63, 3.8) is 0 Å². The molecule has 1 saturated heterocycles. The van der Waals surface area contributed by atoms with Gasteiger partial charge in [0.2, 0.25) is 15.9 Å². The number of amides is 1. The lowest BCUT2D eigenvalue weighted by Crippen LogP contribution is -2.47. The molecule has 0 bridgehead atoms. The second kappa shape index (κ2) is 9.91. The predicted molar refractivity (Wildman–Crippen MR) is 126 cm³/mol. The predicted octanol–water partition coefficient (Wildman–Crippen LogP) is 2.69. The summed E-state index contributed by atoms with van der Waals surface area (Å²) in [4.78, 5) is 19.5. The van der Waals surface area contributed by atoms with Crippen LogP contribution in [0.2, 0.25) is 0 Å².